The lowest BCUT2D eigenvalue weighted by Crippen LogP contribution is -2.11. The third-order valence-electron chi connectivity index (χ3n) is 2.27. The Kier molecular flexibility index (Phi) is 2.55. The number of hydrogen-bond acceptors (Lipinski definition) is 4. The fraction of sp³-hybridized carbons (Fsp3) is 0.375. The molecule has 2 aromatic rings. The van der Waals surface area contributed by atoms with Crippen LogP contribution in [0.2, 0.25) is 0 Å². The molecule has 0 aliphatic rings. The van der Waals surface area contributed by atoms with E-state index in [0.29, 0.717) is 5.69 Å². The lowest BCUT2D eigenvalue weighted by atomic mass is 10.4. The number of imidazole rings is 1. The van der Waals surface area contributed by atoms with E-state index >= 15 is 0 Å². The zero-order chi connectivity index (χ0) is 11.7. The van der Waals surface area contributed by atoms with Crippen LogP contribution in [0.4, 0.5) is 14.6 Å². The normalized spacial score (nSPS) is 11.2. The molecule has 0 aliphatic heterocycles. The molecule has 0 saturated carbocycles. The maximum absolute atomic E-state index is 12.5. The van der Waals surface area contributed by atoms with E-state index in [1.54, 1.807) is 6.92 Å². The van der Waals surface area contributed by atoms with Gasteiger partial charge in [-0.1, -0.05) is 5.21 Å². The first-order valence-corrected chi connectivity index (χ1v) is 4.55. The first-order chi connectivity index (χ1) is 7.59. The Hall–Kier alpha value is -1.99. The number of alkyl halides is 2. The highest BCUT2D eigenvalue weighted by Gasteiger charge is 2.13. The second kappa shape index (κ2) is 3.87. The average Bonchev–Trinajstić information content (AvgIpc) is 2.80. The molecule has 6 nitrogen and oxygen atoms in total. The molecule has 8 heteroatoms. The summed E-state index contributed by atoms with van der Waals surface area (Å²) in [6.07, 6.45) is 2.53. The Morgan fingerprint density at radius 3 is 2.81 bits per heavy atom. The van der Waals surface area contributed by atoms with Crippen LogP contribution in [0.25, 0.3) is 0 Å². The molecule has 0 spiro atoms. The van der Waals surface area contributed by atoms with Gasteiger partial charge in [0.2, 0.25) is 0 Å². The van der Waals surface area contributed by atoms with Crippen molar-refractivity contribution in [1.29, 1.82) is 0 Å². The summed E-state index contributed by atoms with van der Waals surface area (Å²) < 4.78 is 27.2. The van der Waals surface area contributed by atoms with Gasteiger partial charge in [-0.25, -0.2) is 9.67 Å². The van der Waals surface area contributed by atoms with E-state index in [1.807, 2.05) is 0 Å². The van der Waals surface area contributed by atoms with Crippen LogP contribution in [0.1, 0.15) is 18.1 Å². The predicted molar refractivity (Wildman–Crippen MR) is 51.8 cm³/mol. The number of rotatable bonds is 3. The zero-order valence-electron chi connectivity index (χ0n) is 8.51. The minimum atomic E-state index is -2.61. The highest BCUT2D eigenvalue weighted by Crippen LogP contribution is 2.14. The van der Waals surface area contributed by atoms with Crippen LogP contribution in [0.15, 0.2) is 12.4 Å². The number of nitrogens with two attached hydrogens (primary N) is 1. The first-order valence-electron chi connectivity index (χ1n) is 4.55. The van der Waals surface area contributed by atoms with E-state index in [1.165, 1.54) is 17.1 Å². The van der Waals surface area contributed by atoms with Gasteiger partial charge >= 0.3 is 6.55 Å². The third kappa shape index (κ3) is 1.73. The number of hydrogen-bond donors (Lipinski definition) is 1. The fourth-order valence-electron chi connectivity index (χ4n) is 1.30. The van der Waals surface area contributed by atoms with Crippen LogP contribution >= 0.6 is 0 Å². The van der Waals surface area contributed by atoms with Gasteiger partial charge < -0.3 is 5.73 Å². The van der Waals surface area contributed by atoms with Crippen molar-refractivity contribution in [2.24, 2.45) is 0 Å². The fourth-order valence-corrected chi connectivity index (χ4v) is 1.30. The van der Waals surface area contributed by atoms with Gasteiger partial charge in [-0.2, -0.15) is 8.78 Å². The van der Waals surface area contributed by atoms with E-state index in [-0.39, 0.29) is 18.2 Å². The molecule has 0 bridgehead atoms. The van der Waals surface area contributed by atoms with Crippen molar-refractivity contribution in [3.8, 4) is 0 Å². The van der Waals surface area contributed by atoms with Crippen molar-refractivity contribution in [3.05, 3.63) is 23.9 Å². The third-order valence-corrected chi connectivity index (χ3v) is 2.27. The van der Waals surface area contributed by atoms with Gasteiger partial charge in [0.05, 0.1) is 5.69 Å². The Morgan fingerprint density at radius 2 is 2.25 bits per heavy atom. The maximum Gasteiger partial charge on any atom is 0.319 e. The van der Waals surface area contributed by atoms with E-state index in [0.717, 1.165) is 4.57 Å². The van der Waals surface area contributed by atoms with Crippen LogP contribution in [-0.2, 0) is 6.54 Å². The molecule has 0 amide bonds. The number of nitrogen functional groups attached to an aromatic ring is 1. The average molecular weight is 228 g/mol. The molecule has 0 radical (unpaired) electrons. The Balaban J connectivity index is 2.27. The number of halogens is 2. The molecule has 2 N–H and O–H groups in total. The number of aromatic nitrogens is 5. The van der Waals surface area contributed by atoms with E-state index < -0.39 is 6.55 Å². The summed E-state index contributed by atoms with van der Waals surface area (Å²) in [5.41, 5.74) is 6.13. The summed E-state index contributed by atoms with van der Waals surface area (Å²) in [4.78, 5) is 3.84. The zero-order valence-corrected chi connectivity index (χ0v) is 8.51. The topological polar surface area (TPSA) is 74.6 Å². The molecule has 0 aliphatic carbocycles. The monoisotopic (exact) mass is 228 g/mol. The molecule has 2 heterocycles. The van der Waals surface area contributed by atoms with Crippen molar-refractivity contribution in [1.82, 2.24) is 24.5 Å². The highest BCUT2D eigenvalue weighted by molar-refractivity contribution is 5.31. The van der Waals surface area contributed by atoms with Crippen molar-refractivity contribution in [2.45, 2.75) is 20.0 Å². The molecule has 0 saturated heterocycles. The van der Waals surface area contributed by atoms with Gasteiger partial charge in [-0.3, -0.25) is 4.57 Å². The smallest absolute Gasteiger partial charge is 0.319 e. The summed E-state index contributed by atoms with van der Waals surface area (Å²) in [5.74, 6) is 0.498. The summed E-state index contributed by atoms with van der Waals surface area (Å²) in [7, 11) is 0. The largest absolute Gasteiger partial charge is 0.381 e. The van der Waals surface area contributed by atoms with Gasteiger partial charge in [-0.15, -0.1) is 5.10 Å². The molecule has 0 fully saturated rings. The summed E-state index contributed by atoms with van der Waals surface area (Å²) in [6.45, 7) is -0.781. The second-order valence-corrected chi connectivity index (χ2v) is 3.25. The van der Waals surface area contributed by atoms with E-state index in [9.17, 15) is 8.78 Å². The van der Waals surface area contributed by atoms with Gasteiger partial charge in [0.1, 0.15) is 12.4 Å². The van der Waals surface area contributed by atoms with Crippen molar-refractivity contribution in [3.63, 3.8) is 0 Å². The van der Waals surface area contributed by atoms with Gasteiger partial charge in [0.25, 0.3) is 0 Å². The SMILES string of the molecule is Cc1c(N)nnn1Cc1nccn1C(F)F. The maximum atomic E-state index is 12.5. The van der Waals surface area contributed by atoms with Crippen LogP contribution in [0, 0.1) is 6.92 Å². The van der Waals surface area contributed by atoms with Gasteiger partial charge in [-0.05, 0) is 6.92 Å². The van der Waals surface area contributed by atoms with E-state index in [4.69, 9.17) is 5.73 Å². The summed E-state index contributed by atoms with van der Waals surface area (Å²) >= 11 is 0. The van der Waals surface area contributed by atoms with Crippen LogP contribution in [0.3, 0.4) is 0 Å². The lowest BCUT2D eigenvalue weighted by Gasteiger charge is -2.06. The van der Waals surface area contributed by atoms with Crippen LogP contribution in [0.5, 0.6) is 0 Å². The second-order valence-electron chi connectivity index (χ2n) is 3.25. The lowest BCUT2D eigenvalue weighted by molar-refractivity contribution is 0.0665. The Bertz CT molecular complexity index is 488. The molecule has 0 aromatic carbocycles. The molecule has 16 heavy (non-hydrogen) atoms. The number of anilines is 1. The first kappa shape index (κ1) is 10.5. The quantitative estimate of drug-likeness (QED) is 0.843. The highest BCUT2D eigenvalue weighted by atomic mass is 19.3. The molecular weight excluding hydrogens is 218 g/mol. The summed E-state index contributed by atoms with van der Waals surface area (Å²) in [6, 6.07) is 0. The molecule has 2 aromatic heterocycles. The Morgan fingerprint density at radius 1 is 1.50 bits per heavy atom. The Labute approximate surface area is 89.7 Å². The molecule has 0 atom stereocenters. The van der Waals surface area contributed by atoms with Crippen LogP contribution < -0.4 is 5.73 Å². The summed E-state index contributed by atoms with van der Waals surface area (Å²) in [5, 5.41) is 7.37. The molecule has 0 unspecified atom stereocenters. The molecule has 2 rings (SSSR count). The van der Waals surface area contributed by atoms with Crippen molar-refractivity contribution in [2.75, 3.05) is 5.73 Å². The van der Waals surface area contributed by atoms with E-state index in [2.05, 4.69) is 15.3 Å². The molecular formula is C8H10F2N6. The van der Waals surface area contributed by atoms with Gasteiger partial charge in [0, 0.05) is 12.4 Å². The standard InChI is InChI=1S/C8H10F2N6/c1-5-7(11)13-14-16(5)4-6-12-2-3-15(6)8(9)10/h2-3,8H,4,11H2,1H3. The predicted octanol–water partition coefficient (Wildman–Crippen LogP) is 0.809. The van der Waals surface area contributed by atoms with Crippen LogP contribution in [-0.4, -0.2) is 24.5 Å². The van der Waals surface area contributed by atoms with Crippen molar-refractivity contribution < 1.29 is 8.78 Å². The number of nitrogens with zero attached hydrogens (tertiary/aromatic N) is 5. The minimum Gasteiger partial charge on any atom is -0.381 e. The minimum absolute atomic E-state index is 0.118. The molecule has 86 valence electrons. The van der Waals surface area contributed by atoms with Crippen molar-refractivity contribution >= 4 is 5.82 Å². The van der Waals surface area contributed by atoms with Gasteiger partial charge in [0.15, 0.2) is 5.82 Å².